The summed E-state index contributed by atoms with van der Waals surface area (Å²) in [7, 11) is 1.72. The Hall–Kier alpha value is -1.56. The number of nitrogens with one attached hydrogen (secondary N) is 1. The maximum atomic E-state index is 11.9. The molecule has 0 aliphatic rings. The molecule has 0 spiro atoms. The minimum Gasteiger partial charge on any atom is -0.481 e. The lowest BCUT2D eigenvalue weighted by atomic mass is 10.0. The molecule has 0 aliphatic heterocycles. The SMILES string of the molecule is CCCC(CNC(=O)N(C)CCc1cccs1)C(=O)O. The predicted octanol–water partition coefficient (Wildman–Crippen LogP) is 2.43. The van der Waals surface area contributed by atoms with Crippen LogP contribution in [-0.4, -0.2) is 42.1 Å². The van der Waals surface area contributed by atoms with Gasteiger partial charge in [0.25, 0.3) is 0 Å². The van der Waals surface area contributed by atoms with Crippen LogP contribution >= 0.6 is 11.3 Å². The Balaban J connectivity index is 2.31. The van der Waals surface area contributed by atoms with Crippen LogP contribution in [0.3, 0.4) is 0 Å². The Bertz CT molecular complexity index is 420. The monoisotopic (exact) mass is 298 g/mol. The van der Waals surface area contributed by atoms with Crippen LogP contribution in [0.5, 0.6) is 0 Å². The van der Waals surface area contributed by atoms with Crippen LogP contribution in [0.4, 0.5) is 4.79 Å². The number of nitrogens with zero attached hydrogens (tertiary/aromatic N) is 1. The first-order valence-electron chi connectivity index (χ1n) is 6.78. The van der Waals surface area contributed by atoms with E-state index in [0.29, 0.717) is 13.0 Å². The first-order chi connectivity index (χ1) is 9.54. The molecule has 1 heterocycles. The van der Waals surface area contributed by atoms with Crippen molar-refractivity contribution in [3.8, 4) is 0 Å². The standard InChI is InChI=1S/C14H22N2O3S/c1-3-5-11(13(17)18)10-15-14(19)16(2)8-7-12-6-4-9-20-12/h4,6,9,11H,3,5,7-8,10H2,1-2H3,(H,15,19)(H,17,18). The Morgan fingerprint density at radius 2 is 2.25 bits per heavy atom. The lowest BCUT2D eigenvalue weighted by Crippen LogP contribution is -2.41. The molecule has 20 heavy (non-hydrogen) atoms. The summed E-state index contributed by atoms with van der Waals surface area (Å²) in [6, 6.07) is 3.81. The number of likely N-dealkylation sites (N-methyl/N-ethyl adjacent to an activating group) is 1. The van der Waals surface area contributed by atoms with Crippen LogP contribution in [0, 0.1) is 5.92 Å². The molecule has 1 aromatic rings. The highest BCUT2D eigenvalue weighted by Gasteiger charge is 2.18. The second-order valence-corrected chi connectivity index (χ2v) is 5.79. The molecular formula is C14H22N2O3S. The van der Waals surface area contributed by atoms with Crippen LogP contribution in [0.15, 0.2) is 17.5 Å². The summed E-state index contributed by atoms with van der Waals surface area (Å²) in [5.74, 6) is -1.36. The van der Waals surface area contributed by atoms with E-state index in [2.05, 4.69) is 5.32 Å². The zero-order chi connectivity index (χ0) is 15.0. The number of thiophene rings is 1. The smallest absolute Gasteiger partial charge is 0.317 e. The van der Waals surface area contributed by atoms with Gasteiger partial charge in [-0.2, -0.15) is 0 Å². The van der Waals surface area contributed by atoms with Gasteiger partial charge in [0.1, 0.15) is 0 Å². The van der Waals surface area contributed by atoms with Gasteiger partial charge in [0, 0.05) is 25.0 Å². The summed E-state index contributed by atoms with van der Waals surface area (Å²) in [5.41, 5.74) is 0. The Kier molecular flexibility index (Phi) is 7.08. The van der Waals surface area contributed by atoms with E-state index in [4.69, 9.17) is 5.11 Å². The summed E-state index contributed by atoms with van der Waals surface area (Å²) < 4.78 is 0. The fourth-order valence-electron chi connectivity index (χ4n) is 1.84. The quantitative estimate of drug-likeness (QED) is 0.774. The summed E-state index contributed by atoms with van der Waals surface area (Å²) >= 11 is 1.67. The van der Waals surface area contributed by atoms with Crippen LogP contribution in [0.1, 0.15) is 24.6 Å². The van der Waals surface area contributed by atoms with Gasteiger partial charge in [-0.05, 0) is 24.3 Å². The van der Waals surface area contributed by atoms with E-state index in [9.17, 15) is 9.59 Å². The van der Waals surface area contributed by atoms with Gasteiger partial charge in [0.2, 0.25) is 0 Å². The van der Waals surface area contributed by atoms with Crippen molar-refractivity contribution in [3.05, 3.63) is 22.4 Å². The molecule has 5 nitrogen and oxygen atoms in total. The van der Waals surface area contributed by atoms with Crippen molar-refractivity contribution in [2.24, 2.45) is 5.92 Å². The number of carbonyl (C=O) groups excluding carboxylic acids is 1. The number of rotatable bonds is 8. The first kappa shape index (κ1) is 16.5. The van der Waals surface area contributed by atoms with Gasteiger partial charge in [-0.3, -0.25) is 4.79 Å². The molecule has 6 heteroatoms. The number of hydrogen-bond acceptors (Lipinski definition) is 3. The largest absolute Gasteiger partial charge is 0.481 e. The van der Waals surface area contributed by atoms with E-state index in [-0.39, 0.29) is 12.6 Å². The normalized spacial score (nSPS) is 11.9. The zero-order valence-corrected chi connectivity index (χ0v) is 12.8. The molecule has 0 saturated heterocycles. The fraction of sp³-hybridized carbons (Fsp3) is 0.571. The third-order valence-corrected chi connectivity index (χ3v) is 4.04. The van der Waals surface area contributed by atoms with E-state index < -0.39 is 11.9 Å². The Morgan fingerprint density at radius 1 is 1.50 bits per heavy atom. The number of hydrogen-bond donors (Lipinski definition) is 2. The van der Waals surface area contributed by atoms with Crippen LogP contribution in [-0.2, 0) is 11.2 Å². The van der Waals surface area contributed by atoms with Gasteiger partial charge in [0.05, 0.1) is 5.92 Å². The highest BCUT2D eigenvalue weighted by atomic mass is 32.1. The van der Waals surface area contributed by atoms with Crippen molar-refractivity contribution in [2.75, 3.05) is 20.1 Å². The average Bonchev–Trinajstić information content (AvgIpc) is 2.93. The molecule has 112 valence electrons. The first-order valence-corrected chi connectivity index (χ1v) is 7.66. The third-order valence-electron chi connectivity index (χ3n) is 3.11. The van der Waals surface area contributed by atoms with E-state index in [1.54, 1.807) is 23.3 Å². The molecule has 0 aliphatic carbocycles. The molecule has 0 saturated carbocycles. The highest BCUT2D eigenvalue weighted by Crippen LogP contribution is 2.09. The molecule has 1 unspecified atom stereocenters. The van der Waals surface area contributed by atoms with Gasteiger partial charge in [-0.25, -0.2) is 4.79 Å². The van der Waals surface area contributed by atoms with Gasteiger partial charge in [-0.15, -0.1) is 11.3 Å². The predicted molar refractivity (Wildman–Crippen MR) is 80.1 cm³/mol. The minimum atomic E-state index is -0.853. The molecular weight excluding hydrogens is 276 g/mol. The second-order valence-electron chi connectivity index (χ2n) is 4.76. The molecule has 2 amide bonds. The molecule has 0 bridgehead atoms. The minimum absolute atomic E-state index is 0.186. The van der Waals surface area contributed by atoms with E-state index in [1.807, 2.05) is 24.4 Å². The summed E-state index contributed by atoms with van der Waals surface area (Å²) in [5, 5.41) is 13.7. The fourth-order valence-corrected chi connectivity index (χ4v) is 2.54. The highest BCUT2D eigenvalue weighted by molar-refractivity contribution is 7.09. The molecule has 1 rings (SSSR count). The van der Waals surface area contributed by atoms with Gasteiger partial charge in [-0.1, -0.05) is 19.4 Å². The number of carbonyl (C=O) groups is 2. The van der Waals surface area contributed by atoms with Crippen LogP contribution in [0.2, 0.25) is 0 Å². The second kappa shape index (κ2) is 8.58. The van der Waals surface area contributed by atoms with Crippen molar-refractivity contribution in [1.82, 2.24) is 10.2 Å². The zero-order valence-electron chi connectivity index (χ0n) is 12.0. The van der Waals surface area contributed by atoms with Crippen LogP contribution < -0.4 is 5.32 Å². The Labute approximate surface area is 123 Å². The van der Waals surface area contributed by atoms with Crippen molar-refractivity contribution < 1.29 is 14.7 Å². The maximum Gasteiger partial charge on any atom is 0.317 e. The third kappa shape index (κ3) is 5.61. The topological polar surface area (TPSA) is 69.6 Å². The molecule has 0 radical (unpaired) electrons. The van der Waals surface area contributed by atoms with Crippen molar-refractivity contribution in [2.45, 2.75) is 26.2 Å². The molecule has 0 fully saturated rings. The lowest BCUT2D eigenvalue weighted by Gasteiger charge is -2.19. The van der Waals surface area contributed by atoms with E-state index in [1.165, 1.54) is 4.88 Å². The van der Waals surface area contributed by atoms with Crippen molar-refractivity contribution >= 4 is 23.3 Å². The molecule has 2 N–H and O–H groups in total. The van der Waals surface area contributed by atoms with Gasteiger partial charge < -0.3 is 15.3 Å². The molecule has 1 atom stereocenters. The number of carboxylic acid groups (broad SMARTS) is 1. The Morgan fingerprint density at radius 3 is 2.80 bits per heavy atom. The van der Waals surface area contributed by atoms with E-state index >= 15 is 0 Å². The average molecular weight is 298 g/mol. The summed E-state index contributed by atoms with van der Waals surface area (Å²) in [4.78, 5) is 25.7. The lowest BCUT2D eigenvalue weighted by molar-refractivity contribution is -0.141. The number of urea groups is 1. The van der Waals surface area contributed by atoms with Gasteiger partial charge >= 0.3 is 12.0 Å². The number of amides is 2. The van der Waals surface area contributed by atoms with E-state index in [0.717, 1.165) is 12.8 Å². The number of aliphatic carboxylic acids is 1. The van der Waals surface area contributed by atoms with Crippen molar-refractivity contribution in [3.63, 3.8) is 0 Å². The summed E-state index contributed by atoms with van der Waals surface area (Å²) in [6.07, 6.45) is 2.19. The molecule has 0 aromatic carbocycles. The van der Waals surface area contributed by atoms with Crippen molar-refractivity contribution in [1.29, 1.82) is 0 Å². The van der Waals surface area contributed by atoms with Gasteiger partial charge in [0.15, 0.2) is 0 Å². The van der Waals surface area contributed by atoms with Crippen LogP contribution in [0.25, 0.3) is 0 Å². The maximum absolute atomic E-state index is 11.9. The number of carboxylic acids is 1. The summed E-state index contributed by atoms with van der Waals surface area (Å²) in [6.45, 7) is 2.74. The molecule has 1 aromatic heterocycles.